The van der Waals surface area contributed by atoms with Gasteiger partial charge in [-0.2, -0.15) is 0 Å². The summed E-state index contributed by atoms with van der Waals surface area (Å²) in [6, 6.07) is 6.15. The van der Waals surface area contributed by atoms with Gasteiger partial charge in [-0.25, -0.2) is 0 Å². The number of pyridine rings is 1. The minimum Gasteiger partial charge on any atom is -0.342 e. The SMILES string of the molecule is CC(C)CCN1C[C@@]2(CCCN(Cc3ccccn3)C2)CCC1=O. The molecule has 4 heteroatoms. The highest BCUT2D eigenvalue weighted by molar-refractivity contribution is 5.77. The second-order valence-electron chi connectivity index (χ2n) is 8.13. The highest BCUT2D eigenvalue weighted by Crippen LogP contribution is 2.39. The van der Waals surface area contributed by atoms with E-state index in [-0.39, 0.29) is 0 Å². The molecule has 2 aliphatic rings. The zero-order chi connectivity index (χ0) is 17.0. The monoisotopic (exact) mass is 329 g/mol. The number of hydrogen-bond donors (Lipinski definition) is 0. The van der Waals surface area contributed by atoms with E-state index < -0.39 is 0 Å². The molecule has 1 aromatic heterocycles. The quantitative estimate of drug-likeness (QED) is 0.831. The Labute approximate surface area is 146 Å². The van der Waals surface area contributed by atoms with Crippen molar-refractivity contribution in [2.24, 2.45) is 11.3 Å². The second kappa shape index (κ2) is 7.64. The number of nitrogens with zero attached hydrogens (tertiary/aromatic N) is 3. The molecule has 0 N–H and O–H groups in total. The van der Waals surface area contributed by atoms with Crippen molar-refractivity contribution in [3.63, 3.8) is 0 Å². The Hall–Kier alpha value is -1.42. The maximum absolute atomic E-state index is 12.3. The highest BCUT2D eigenvalue weighted by Gasteiger charge is 2.41. The number of amides is 1. The van der Waals surface area contributed by atoms with Crippen LogP contribution in [0.4, 0.5) is 0 Å². The van der Waals surface area contributed by atoms with Crippen LogP contribution in [0.5, 0.6) is 0 Å². The van der Waals surface area contributed by atoms with E-state index >= 15 is 0 Å². The molecule has 1 spiro atoms. The standard InChI is InChI=1S/C20H31N3O/c1-17(2)8-13-23-16-20(10-7-19(23)24)9-5-12-22(15-20)14-18-6-3-4-11-21-18/h3-4,6,11,17H,5,7-10,12-16H2,1-2H3/t20-/m0/s1. The van der Waals surface area contributed by atoms with Gasteiger partial charge < -0.3 is 4.90 Å². The van der Waals surface area contributed by atoms with Gasteiger partial charge in [-0.15, -0.1) is 0 Å². The Morgan fingerprint density at radius 1 is 1.25 bits per heavy atom. The van der Waals surface area contributed by atoms with E-state index in [1.54, 1.807) is 0 Å². The van der Waals surface area contributed by atoms with E-state index in [1.165, 1.54) is 12.8 Å². The van der Waals surface area contributed by atoms with Crippen LogP contribution in [0.3, 0.4) is 0 Å². The molecule has 3 heterocycles. The van der Waals surface area contributed by atoms with Gasteiger partial charge in [-0.05, 0) is 50.3 Å². The van der Waals surface area contributed by atoms with Crippen LogP contribution in [0.1, 0.15) is 51.6 Å². The molecule has 0 radical (unpaired) electrons. The van der Waals surface area contributed by atoms with Crippen LogP contribution < -0.4 is 0 Å². The van der Waals surface area contributed by atoms with E-state index in [4.69, 9.17) is 0 Å². The highest BCUT2D eigenvalue weighted by atomic mass is 16.2. The van der Waals surface area contributed by atoms with Crippen molar-refractivity contribution in [2.45, 2.75) is 52.5 Å². The first-order valence-corrected chi connectivity index (χ1v) is 9.46. The van der Waals surface area contributed by atoms with Crippen molar-refractivity contribution in [1.29, 1.82) is 0 Å². The minimum absolute atomic E-state index is 0.303. The maximum atomic E-state index is 12.3. The van der Waals surface area contributed by atoms with Gasteiger partial charge in [-0.1, -0.05) is 19.9 Å². The molecule has 132 valence electrons. The molecule has 0 unspecified atom stereocenters. The predicted octanol–water partition coefficient (Wildman–Crippen LogP) is 3.33. The van der Waals surface area contributed by atoms with Gasteiger partial charge in [0.1, 0.15) is 0 Å². The summed E-state index contributed by atoms with van der Waals surface area (Å²) in [4.78, 5) is 21.5. The smallest absolute Gasteiger partial charge is 0.222 e. The normalized spacial score (nSPS) is 25.6. The van der Waals surface area contributed by atoms with Crippen LogP contribution in [0.2, 0.25) is 0 Å². The van der Waals surface area contributed by atoms with E-state index in [9.17, 15) is 4.79 Å². The minimum atomic E-state index is 0.303. The van der Waals surface area contributed by atoms with Gasteiger partial charge >= 0.3 is 0 Å². The number of carbonyl (C=O) groups excluding carboxylic acids is 1. The summed E-state index contributed by atoms with van der Waals surface area (Å²) in [7, 11) is 0. The molecule has 0 aliphatic carbocycles. The van der Waals surface area contributed by atoms with Gasteiger partial charge in [0.15, 0.2) is 0 Å². The lowest BCUT2D eigenvalue weighted by atomic mass is 9.73. The Balaban J connectivity index is 1.62. The van der Waals surface area contributed by atoms with Crippen LogP contribution in [-0.2, 0) is 11.3 Å². The average Bonchev–Trinajstić information content (AvgIpc) is 2.57. The van der Waals surface area contributed by atoms with Crippen LogP contribution in [-0.4, -0.2) is 46.9 Å². The Morgan fingerprint density at radius 2 is 2.12 bits per heavy atom. The van der Waals surface area contributed by atoms with Crippen molar-refractivity contribution in [2.75, 3.05) is 26.2 Å². The van der Waals surface area contributed by atoms with E-state index in [1.807, 2.05) is 12.3 Å². The van der Waals surface area contributed by atoms with Crippen LogP contribution in [0, 0.1) is 11.3 Å². The van der Waals surface area contributed by atoms with Crippen LogP contribution in [0.25, 0.3) is 0 Å². The molecule has 4 nitrogen and oxygen atoms in total. The number of piperidine rings is 2. The summed E-state index contributed by atoms with van der Waals surface area (Å²) in [5.74, 6) is 1.02. The van der Waals surface area contributed by atoms with Crippen LogP contribution >= 0.6 is 0 Å². The van der Waals surface area contributed by atoms with Crippen molar-refractivity contribution in [3.05, 3.63) is 30.1 Å². The third kappa shape index (κ3) is 4.35. The fourth-order valence-electron chi connectivity index (χ4n) is 4.22. The van der Waals surface area contributed by atoms with Crippen molar-refractivity contribution < 1.29 is 4.79 Å². The van der Waals surface area contributed by atoms with Crippen molar-refractivity contribution >= 4 is 5.91 Å². The molecule has 0 saturated carbocycles. The Morgan fingerprint density at radius 3 is 2.88 bits per heavy atom. The number of carbonyl (C=O) groups is 1. The third-order valence-electron chi connectivity index (χ3n) is 5.58. The largest absolute Gasteiger partial charge is 0.342 e. The molecule has 3 rings (SSSR count). The molecular weight excluding hydrogens is 298 g/mol. The predicted molar refractivity (Wildman–Crippen MR) is 96.5 cm³/mol. The topological polar surface area (TPSA) is 36.4 Å². The maximum Gasteiger partial charge on any atom is 0.222 e. The summed E-state index contributed by atoms with van der Waals surface area (Å²) in [5.41, 5.74) is 1.45. The molecule has 2 fully saturated rings. The number of hydrogen-bond acceptors (Lipinski definition) is 3. The van der Waals surface area contributed by atoms with Crippen molar-refractivity contribution in [1.82, 2.24) is 14.8 Å². The van der Waals surface area contributed by atoms with Gasteiger partial charge in [0, 0.05) is 44.2 Å². The summed E-state index contributed by atoms with van der Waals surface area (Å²) >= 11 is 0. The fraction of sp³-hybridized carbons (Fsp3) is 0.700. The zero-order valence-electron chi connectivity index (χ0n) is 15.2. The lowest BCUT2D eigenvalue weighted by Crippen LogP contribution is -2.54. The third-order valence-corrected chi connectivity index (χ3v) is 5.58. The molecule has 2 saturated heterocycles. The number of aromatic nitrogens is 1. The molecule has 1 aromatic rings. The lowest BCUT2D eigenvalue weighted by Gasteiger charge is -2.48. The molecule has 0 aromatic carbocycles. The summed E-state index contributed by atoms with van der Waals surface area (Å²) in [6.07, 6.45) is 7.27. The van der Waals surface area contributed by atoms with Gasteiger partial charge in [0.2, 0.25) is 5.91 Å². The van der Waals surface area contributed by atoms with Crippen molar-refractivity contribution in [3.8, 4) is 0 Å². The molecule has 0 bridgehead atoms. The van der Waals surface area contributed by atoms with Gasteiger partial charge in [0.25, 0.3) is 0 Å². The summed E-state index contributed by atoms with van der Waals surface area (Å²) < 4.78 is 0. The van der Waals surface area contributed by atoms with E-state index in [2.05, 4.69) is 40.8 Å². The van der Waals surface area contributed by atoms with Gasteiger partial charge in [0.05, 0.1) is 5.69 Å². The number of likely N-dealkylation sites (tertiary alicyclic amines) is 2. The molecule has 1 amide bonds. The van der Waals surface area contributed by atoms with Gasteiger partial charge in [-0.3, -0.25) is 14.7 Å². The Kier molecular flexibility index (Phi) is 5.54. The zero-order valence-corrected chi connectivity index (χ0v) is 15.2. The average molecular weight is 329 g/mol. The van der Waals surface area contributed by atoms with E-state index in [0.717, 1.165) is 57.7 Å². The van der Waals surface area contributed by atoms with E-state index in [0.29, 0.717) is 17.2 Å². The first-order chi connectivity index (χ1) is 11.6. The summed E-state index contributed by atoms with van der Waals surface area (Å²) in [6.45, 7) is 9.55. The van der Waals surface area contributed by atoms with Crippen LogP contribution in [0.15, 0.2) is 24.4 Å². The Bertz CT molecular complexity index is 545. The molecular formula is C20H31N3O. The summed E-state index contributed by atoms with van der Waals surface area (Å²) in [5, 5.41) is 0. The molecule has 1 atom stereocenters. The first kappa shape index (κ1) is 17.4. The molecule has 24 heavy (non-hydrogen) atoms. The second-order valence-corrected chi connectivity index (χ2v) is 8.13. The fourth-order valence-corrected chi connectivity index (χ4v) is 4.22. The lowest BCUT2D eigenvalue weighted by molar-refractivity contribution is -0.139. The molecule has 2 aliphatic heterocycles. The first-order valence-electron chi connectivity index (χ1n) is 9.46. The number of rotatable bonds is 5.